The Morgan fingerprint density at radius 1 is 1.43 bits per heavy atom. The lowest BCUT2D eigenvalue weighted by atomic mass is 9.94. The molecule has 76 valence electrons. The quantitative estimate of drug-likeness (QED) is 0.779. The van der Waals surface area contributed by atoms with Crippen LogP contribution in [0.15, 0.2) is 12.1 Å². The highest BCUT2D eigenvalue weighted by molar-refractivity contribution is 6.42. The molecule has 1 heterocycles. The third-order valence-electron chi connectivity index (χ3n) is 2.82. The second-order valence-corrected chi connectivity index (χ2v) is 4.47. The molecule has 1 nitrogen and oxygen atoms in total. The Balaban J connectivity index is 2.36. The van der Waals surface area contributed by atoms with Crippen molar-refractivity contribution in [3.63, 3.8) is 0 Å². The zero-order chi connectivity index (χ0) is 10.1. The molecule has 1 aromatic carbocycles. The summed E-state index contributed by atoms with van der Waals surface area (Å²) in [5.41, 5.74) is 2.51. The number of nitrogens with one attached hydrogen (secondary N) is 1. The van der Waals surface area contributed by atoms with Crippen molar-refractivity contribution in [2.24, 2.45) is 0 Å². The summed E-state index contributed by atoms with van der Waals surface area (Å²) in [6.45, 7) is 3.04. The molecule has 1 aliphatic rings. The Kier molecular flexibility index (Phi) is 3.01. The number of fused-ring (bicyclic) bond motifs is 1. The third kappa shape index (κ3) is 1.77. The van der Waals surface area contributed by atoms with E-state index in [0.717, 1.165) is 19.4 Å². The van der Waals surface area contributed by atoms with Crippen LogP contribution < -0.4 is 5.32 Å². The van der Waals surface area contributed by atoms with Crippen molar-refractivity contribution < 1.29 is 0 Å². The van der Waals surface area contributed by atoms with Crippen LogP contribution in [-0.4, -0.2) is 6.04 Å². The van der Waals surface area contributed by atoms with Gasteiger partial charge in [0.2, 0.25) is 0 Å². The van der Waals surface area contributed by atoms with Crippen molar-refractivity contribution in [3.8, 4) is 0 Å². The zero-order valence-electron chi connectivity index (χ0n) is 8.11. The maximum Gasteiger partial charge on any atom is 0.0640 e. The van der Waals surface area contributed by atoms with Gasteiger partial charge in [0.15, 0.2) is 0 Å². The fraction of sp³-hybridized carbons (Fsp3) is 0.455. The maximum atomic E-state index is 6.13. The van der Waals surface area contributed by atoms with Crippen molar-refractivity contribution in [3.05, 3.63) is 33.3 Å². The molecule has 1 aliphatic heterocycles. The lowest BCUT2D eigenvalue weighted by Crippen LogP contribution is -2.35. The maximum absolute atomic E-state index is 6.13. The first-order chi connectivity index (χ1) is 6.72. The minimum absolute atomic E-state index is 0.583. The van der Waals surface area contributed by atoms with Crippen LogP contribution in [-0.2, 0) is 13.0 Å². The summed E-state index contributed by atoms with van der Waals surface area (Å²) in [7, 11) is 0. The van der Waals surface area contributed by atoms with Crippen LogP contribution in [0.1, 0.15) is 24.5 Å². The summed E-state index contributed by atoms with van der Waals surface area (Å²) in [5.74, 6) is 0. The van der Waals surface area contributed by atoms with Crippen LogP contribution in [0.2, 0.25) is 10.0 Å². The predicted molar refractivity (Wildman–Crippen MR) is 61.1 cm³/mol. The van der Waals surface area contributed by atoms with Crippen molar-refractivity contribution in [1.29, 1.82) is 0 Å². The van der Waals surface area contributed by atoms with E-state index < -0.39 is 0 Å². The summed E-state index contributed by atoms with van der Waals surface area (Å²) >= 11 is 12.1. The van der Waals surface area contributed by atoms with E-state index in [1.54, 1.807) is 0 Å². The van der Waals surface area contributed by atoms with Crippen molar-refractivity contribution in [2.75, 3.05) is 0 Å². The van der Waals surface area contributed by atoms with Gasteiger partial charge in [0.25, 0.3) is 0 Å². The fourth-order valence-corrected chi connectivity index (χ4v) is 2.32. The van der Waals surface area contributed by atoms with E-state index in [9.17, 15) is 0 Å². The highest BCUT2D eigenvalue weighted by atomic mass is 35.5. The Labute approximate surface area is 94.4 Å². The molecule has 0 fully saturated rings. The molecule has 1 aromatic rings. The summed E-state index contributed by atoms with van der Waals surface area (Å²) in [5, 5.41) is 4.82. The molecule has 0 bridgehead atoms. The van der Waals surface area contributed by atoms with Crippen LogP contribution >= 0.6 is 23.2 Å². The van der Waals surface area contributed by atoms with Gasteiger partial charge in [-0.15, -0.1) is 0 Å². The SMILES string of the molecule is CCC1Cc2ccc(Cl)c(Cl)c2CN1. The van der Waals surface area contributed by atoms with Gasteiger partial charge in [-0.1, -0.05) is 36.2 Å². The topological polar surface area (TPSA) is 12.0 Å². The number of benzene rings is 1. The highest BCUT2D eigenvalue weighted by Crippen LogP contribution is 2.31. The number of halogens is 2. The summed E-state index contributed by atoms with van der Waals surface area (Å²) in [6, 6.07) is 4.56. The fourth-order valence-electron chi connectivity index (χ4n) is 1.89. The minimum atomic E-state index is 0.583. The first-order valence-electron chi connectivity index (χ1n) is 4.91. The van der Waals surface area contributed by atoms with E-state index in [-0.39, 0.29) is 0 Å². The third-order valence-corrected chi connectivity index (χ3v) is 3.66. The van der Waals surface area contributed by atoms with E-state index in [4.69, 9.17) is 23.2 Å². The van der Waals surface area contributed by atoms with E-state index in [1.165, 1.54) is 11.1 Å². The molecule has 0 amide bonds. The molecular weight excluding hydrogens is 217 g/mol. The Bertz CT molecular complexity index is 349. The van der Waals surface area contributed by atoms with E-state index in [0.29, 0.717) is 16.1 Å². The molecule has 2 rings (SSSR count). The summed E-state index contributed by atoms with van der Waals surface area (Å²) < 4.78 is 0. The smallest absolute Gasteiger partial charge is 0.0640 e. The standard InChI is InChI=1S/C11H13Cl2N/c1-2-8-5-7-3-4-10(12)11(13)9(7)6-14-8/h3-4,8,14H,2,5-6H2,1H3. The van der Waals surface area contributed by atoms with Gasteiger partial charge in [0, 0.05) is 12.6 Å². The normalized spacial score (nSPS) is 20.6. The van der Waals surface area contributed by atoms with Crippen LogP contribution in [0.25, 0.3) is 0 Å². The molecule has 0 saturated carbocycles. The van der Waals surface area contributed by atoms with Gasteiger partial charge < -0.3 is 5.32 Å². The van der Waals surface area contributed by atoms with Gasteiger partial charge in [-0.2, -0.15) is 0 Å². The second-order valence-electron chi connectivity index (χ2n) is 3.69. The molecule has 0 spiro atoms. The van der Waals surface area contributed by atoms with Gasteiger partial charge in [0.1, 0.15) is 0 Å². The number of rotatable bonds is 1. The van der Waals surface area contributed by atoms with E-state index in [1.807, 2.05) is 6.07 Å². The molecule has 0 radical (unpaired) electrons. The Hall–Kier alpha value is -0.240. The van der Waals surface area contributed by atoms with Gasteiger partial charge in [-0.3, -0.25) is 0 Å². The predicted octanol–water partition coefficient (Wildman–Crippen LogP) is 3.42. The average molecular weight is 230 g/mol. The molecule has 14 heavy (non-hydrogen) atoms. The first kappa shape index (κ1) is 10.3. The van der Waals surface area contributed by atoms with Gasteiger partial charge in [-0.25, -0.2) is 0 Å². The molecule has 3 heteroatoms. The molecule has 1 N–H and O–H groups in total. The number of hydrogen-bond acceptors (Lipinski definition) is 1. The monoisotopic (exact) mass is 229 g/mol. The van der Waals surface area contributed by atoms with Crippen molar-refractivity contribution >= 4 is 23.2 Å². The molecule has 1 atom stereocenters. The largest absolute Gasteiger partial charge is 0.310 e. The van der Waals surface area contributed by atoms with Crippen molar-refractivity contribution in [1.82, 2.24) is 5.32 Å². The Morgan fingerprint density at radius 2 is 2.21 bits per heavy atom. The summed E-state index contributed by atoms with van der Waals surface area (Å²) in [4.78, 5) is 0. The van der Waals surface area contributed by atoms with Crippen LogP contribution in [0.5, 0.6) is 0 Å². The van der Waals surface area contributed by atoms with Crippen LogP contribution in [0, 0.1) is 0 Å². The lowest BCUT2D eigenvalue weighted by Gasteiger charge is -2.26. The number of hydrogen-bond donors (Lipinski definition) is 1. The average Bonchev–Trinajstić information content (AvgIpc) is 2.23. The van der Waals surface area contributed by atoms with Gasteiger partial charge >= 0.3 is 0 Å². The van der Waals surface area contributed by atoms with Gasteiger partial charge in [-0.05, 0) is 30.0 Å². The second kappa shape index (κ2) is 4.09. The van der Waals surface area contributed by atoms with Crippen LogP contribution in [0.3, 0.4) is 0 Å². The molecule has 1 unspecified atom stereocenters. The first-order valence-corrected chi connectivity index (χ1v) is 5.67. The van der Waals surface area contributed by atoms with Crippen LogP contribution in [0.4, 0.5) is 0 Å². The van der Waals surface area contributed by atoms with E-state index in [2.05, 4.69) is 18.3 Å². The molecule has 0 saturated heterocycles. The highest BCUT2D eigenvalue weighted by Gasteiger charge is 2.19. The molecule has 0 aliphatic carbocycles. The van der Waals surface area contributed by atoms with Gasteiger partial charge in [0.05, 0.1) is 10.0 Å². The molecule has 0 aromatic heterocycles. The van der Waals surface area contributed by atoms with E-state index >= 15 is 0 Å². The lowest BCUT2D eigenvalue weighted by molar-refractivity contribution is 0.468. The molecular formula is C11H13Cl2N. The minimum Gasteiger partial charge on any atom is -0.310 e. The van der Waals surface area contributed by atoms with Crippen molar-refractivity contribution in [2.45, 2.75) is 32.4 Å². The Morgan fingerprint density at radius 3 is 2.93 bits per heavy atom. The summed E-state index contributed by atoms with van der Waals surface area (Å²) in [6.07, 6.45) is 2.21. The zero-order valence-corrected chi connectivity index (χ0v) is 9.62.